The van der Waals surface area contributed by atoms with Gasteiger partial charge in [-0.25, -0.2) is 10.8 Å². The van der Waals surface area contributed by atoms with Crippen LogP contribution in [0, 0.1) is 0 Å². The average molecular weight is 368 g/mol. The second-order valence-corrected chi connectivity index (χ2v) is 6.98. The Bertz CT molecular complexity index is 1000. The number of hydrogen-bond acceptors (Lipinski definition) is 6. The van der Waals surface area contributed by atoms with Gasteiger partial charge in [-0.05, 0) is 35.9 Å². The molecule has 132 valence electrons. The van der Waals surface area contributed by atoms with Crippen molar-refractivity contribution in [1.29, 1.82) is 0 Å². The van der Waals surface area contributed by atoms with E-state index in [0.29, 0.717) is 21.9 Å². The lowest BCUT2D eigenvalue weighted by atomic mass is 10.0. The minimum absolute atomic E-state index is 0.140. The summed E-state index contributed by atoms with van der Waals surface area (Å²) in [6.45, 7) is 0. The molecule has 0 bridgehead atoms. The Balaban J connectivity index is 1.86. The van der Waals surface area contributed by atoms with E-state index in [1.165, 1.54) is 17.5 Å². The molecule has 3 heterocycles. The number of rotatable bonds is 5. The van der Waals surface area contributed by atoms with Crippen molar-refractivity contribution in [1.82, 2.24) is 20.0 Å². The topological polar surface area (TPSA) is 129 Å². The molecule has 3 aromatic heterocycles. The second kappa shape index (κ2) is 6.36. The van der Waals surface area contributed by atoms with Crippen molar-refractivity contribution >= 4 is 23.2 Å². The van der Waals surface area contributed by atoms with Crippen LogP contribution >= 0.6 is 11.3 Å². The van der Waals surface area contributed by atoms with Gasteiger partial charge in [0.05, 0.1) is 22.6 Å². The zero-order chi connectivity index (χ0) is 18.3. The molecule has 2 amide bonds. The fraction of sp³-hybridized carbons (Fsp3) is 0.176. The van der Waals surface area contributed by atoms with Crippen LogP contribution in [0.3, 0.4) is 0 Å². The Labute approximate surface area is 152 Å². The summed E-state index contributed by atoms with van der Waals surface area (Å²) in [5.41, 5.74) is 10.8. The molecule has 0 unspecified atom stereocenters. The number of primary amides is 1. The van der Waals surface area contributed by atoms with Crippen molar-refractivity contribution in [2.24, 2.45) is 11.6 Å². The Morgan fingerprint density at radius 2 is 2.12 bits per heavy atom. The SMILES string of the molecule is NNC(=O)c1cc(-c2c(-n3cnc(C4CC4)c3)ccnc2C(N)=O)cs1. The van der Waals surface area contributed by atoms with Gasteiger partial charge in [0.1, 0.15) is 5.69 Å². The fourth-order valence-electron chi connectivity index (χ4n) is 2.86. The van der Waals surface area contributed by atoms with Crippen molar-refractivity contribution in [2.45, 2.75) is 18.8 Å². The zero-order valence-corrected chi connectivity index (χ0v) is 14.5. The second-order valence-electron chi connectivity index (χ2n) is 6.07. The Hall–Kier alpha value is -3.04. The molecule has 26 heavy (non-hydrogen) atoms. The number of nitrogen functional groups attached to an aromatic ring is 1. The number of carbonyl (C=O) groups excluding carboxylic acids is 2. The van der Waals surface area contributed by atoms with E-state index in [2.05, 4.69) is 15.4 Å². The van der Waals surface area contributed by atoms with E-state index >= 15 is 0 Å². The molecular formula is C17H16N6O2S. The van der Waals surface area contributed by atoms with Gasteiger partial charge >= 0.3 is 0 Å². The molecule has 9 heteroatoms. The molecular weight excluding hydrogens is 352 g/mol. The van der Waals surface area contributed by atoms with Gasteiger partial charge in [0.15, 0.2) is 0 Å². The summed E-state index contributed by atoms with van der Waals surface area (Å²) in [6, 6.07) is 3.46. The molecule has 8 nitrogen and oxygen atoms in total. The number of hydrazine groups is 1. The van der Waals surface area contributed by atoms with Gasteiger partial charge in [0.25, 0.3) is 11.8 Å². The minimum Gasteiger partial charge on any atom is -0.364 e. The van der Waals surface area contributed by atoms with E-state index in [1.54, 1.807) is 23.8 Å². The summed E-state index contributed by atoms with van der Waals surface area (Å²) in [4.78, 5) is 32.7. The Morgan fingerprint density at radius 1 is 1.31 bits per heavy atom. The lowest BCUT2D eigenvalue weighted by Crippen LogP contribution is -2.29. The number of pyridine rings is 1. The van der Waals surface area contributed by atoms with Crippen LogP contribution in [0.5, 0.6) is 0 Å². The molecule has 1 aliphatic rings. The summed E-state index contributed by atoms with van der Waals surface area (Å²) in [5.74, 6) is 4.67. The van der Waals surface area contributed by atoms with E-state index < -0.39 is 11.8 Å². The van der Waals surface area contributed by atoms with Crippen molar-refractivity contribution in [3.8, 4) is 16.8 Å². The van der Waals surface area contributed by atoms with Crippen LogP contribution in [0.25, 0.3) is 16.8 Å². The third-order valence-corrected chi connectivity index (χ3v) is 5.21. The largest absolute Gasteiger partial charge is 0.364 e. The van der Waals surface area contributed by atoms with Crippen LogP contribution in [0.15, 0.2) is 36.2 Å². The normalized spacial score (nSPS) is 13.6. The zero-order valence-electron chi connectivity index (χ0n) is 13.7. The van der Waals surface area contributed by atoms with E-state index in [-0.39, 0.29) is 5.69 Å². The number of amides is 2. The van der Waals surface area contributed by atoms with Gasteiger partial charge in [0, 0.05) is 23.9 Å². The maximum atomic E-state index is 11.9. The summed E-state index contributed by atoms with van der Waals surface area (Å²) in [7, 11) is 0. The van der Waals surface area contributed by atoms with Gasteiger partial charge < -0.3 is 10.3 Å². The standard InChI is InChI=1S/C17H16N6O2S/c18-16(24)15-14(10-5-13(26-7-10)17(25)22-19)12(3-4-20-15)23-6-11(21-8-23)9-1-2-9/h3-9H,1-2,19H2,(H2,18,24)(H,22,25). The molecule has 5 N–H and O–H groups in total. The van der Waals surface area contributed by atoms with E-state index in [4.69, 9.17) is 11.6 Å². The molecule has 0 aliphatic heterocycles. The van der Waals surface area contributed by atoms with Crippen molar-refractivity contribution in [2.75, 3.05) is 0 Å². The van der Waals surface area contributed by atoms with Gasteiger partial charge in [-0.2, -0.15) is 0 Å². The molecule has 1 fully saturated rings. The lowest BCUT2D eigenvalue weighted by Gasteiger charge is -2.12. The number of nitrogens with one attached hydrogen (secondary N) is 1. The number of imidazole rings is 1. The van der Waals surface area contributed by atoms with Crippen LogP contribution in [-0.2, 0) is 0 Å². The van der Waals surface area contributed by atoms with E-state index in [0.717, 1.165) is 24.2 Å². The van der Waals surface area contributed by atoms with Crippen molar-refractivity contribution in [3.05, 3.63) is 52.5 Å². The maximum Gasteiger partial charge on any atom is 0.275 e. The molecule has 1 saturated carbocycles. The first-order chi connectivity index (χ1) is 12.6. The first-order valence-electron chi connectivity index (χ1n) is 8.01. The predicted octanol–water partition coefficient (Wildman–Crippen LogP) is 1.58. The summed E-state index contributed by atoms with van der Waals surface area (Å²) >= 11 is 1.22. The fourth-order valence-corrected chi connectivity index (χ4v) is 3.66. The first kappa shape index (κ1) is 16.4. The summed E-state index contributed by atoms with van der Waals surface area (Å²) in [6.07, 6.45) is 7.51. The molecule has 0 spiro atoms. The van der Waals surface area contributed by atoms with Gasteiger partial charge in [-0.3, -0.25) is 20.0 Å². The Morgan fingerprint density at radius 3 is 2.81 bits per heavy atom. The molecule has 0 atom stereocenters. The number of hydrogen-bond donors (Lipinski definition) is 3. The molecule has 0 radical (unpaired) electrons. The number of nitrogens with zero attached hydrogens (tertiary/aromatic N) is 3. The highest BCUT2D eigenvalue weighted by Crippen LogP contribution is 2.40. The third kappa shape index (κ3) is 2.87. The van der Waals surface area contributed by atoms with Gasteiger partial charge in [-0.1, -0.05) is 0 Å². The van der Waals surface area contributed by atoms with Crippen LogP contribution in [0.4, 0.5) is 0 Å². The Kier molecular flexibility index (Phi) is 4.02. The molecule has 3 aromatic rings. The van der Waals surface area contributed by atoms with Gasteiger partial charge in [-0.15, -0.1) is 11.3 Å². The van der Waals surface area contributed by atoms with Crippen LogP contribution < -0.4 is 17.0 Å². The monoisotopic (exact) mass is 368 g/mol. The minimum atomic E-state index is -0.639. The average Bonchev–Trinajstić information content (AvgIpc) is 3.19. The van der Waals surface area contributed by atoms with Crippen LogP contribution in [0.1, 0.15) is 44.6 Å². The smallest absolute Gasteiger partial charge is 0.275 e. The number of carbonyl (C=O) groups is 2. The molecule has 4 rings (SSSR count). The first-order valence-corrected chi connectivity index (χ1v) is 8.89. The molecule has 1 aliphatic carbocycles. The van der Waals surface area contributed by atoms with E-state index in [1.807, 2.05) is 10.8 Å². The maximum absolute atomic E-state index is 11.9. The number of aromatic nitrogens is 3. The predicted molar refractivity (Wildman–Crippen MR) is 96.8 cm³/mol. The number of thiophene rings is 1. The summed E-state index contributed by atoms with van der Waals surface area (Å²) in [5, 5.41) is 1.77. The highest BCUT2D eigenvalue weighted by molar-refractivity contribution is 7.12. The van der Waals surface area contributed by atoms with Gasteiger partial charge in [0.2, 0.25) is 0 Å². The highest BCUT2D eigenvalue weighted by Gasteiger charge is 2.26. The highest BCUT2D eigenvalue weighted by atomic mass is 32.1. The molecule has 0 saturated heterocycles. The van der Waals surface area contributed by atoms with Crippen molar-refractivity contribution < 1.29 is 9.59 Å². The van der Waals surface area contributed by atoms with Crippen LogP contribution in [0.2, 0.25) is 0 Å². The lowest BCUT2D eigenvalue weighted by molar-refractivity contribution is 0.0956. The summed E-state index contributed by atoms with van der Waals surface area (Å²) < 4.78 is 1.86. The van der Waals surface area contributed by atoms with Crippen molar-refractivity contribution in [3.63, 3.8) is 0 Å². The molecule has 0 aromatic carbocycles. The number of nitrogens with two attached hydrogens (primary N) is 2. The van der Waals surface area contributed by atoms with Crippen LogP contribution in [-0.4, -0.2) is 26.3 Å². The quantitative estimate of drug-likeness (QED) is 0.358. The van der Waals surface area contributed by atoms with E-state index in [9.17, 15) is 9.59 Å². The third-order valence-electron chi connectivity index (χ3n) is 4.28.